The fourth-order valence-corrected chi connectivity index (χ4v) is 3.05. The monoisotopic (exact) mass is 295 g/mol. The Labute approximate surface area is 135 Å². The molecule has 0 bridgehead atoms. The highest BCUT2D eigenvalue weighted by atomic mass is 14.7. The quantitative estimate of drug-likeness (QED) is 0.475. The zero-order chi connectivity index (χ0) is 15.6. The van der Waals surface area contributed by atoms with Gasteiger partial charge in [-0.25, -0.2) is 0 Å². The van der Waals surface area contributed by atoms with Gasteiger partial charge < -0.3 is 0 Å². The molecule has 0 spiro atoms. The summed E-state index contributed by atoms with van der Waals surface area (Å²) in [6.45, 7) is 4.55. The van der Waals surface area contributed by atoms with Gasteiger partial charge in [-0.1, -0.05) is 82.3 Å². The molecule has 2 rings (SSSR count). The van der Waals surface area contributed by atoms with Crippen LogP contribution in [0, 0.1) is 0 Å². The molecule has 1 heteroatoms. The lowest BCUT2D eigenvalue weighted by Gasteiger charge is -2.16. The molecule has 1 nitrogen and oxygen atoms in total. The molecule has 1 heterocycles. The Kier molecular flexibility index (Phi) is 7.15. The normalized spacial score (nSPS) is 12.3. The van der Waals surface area contributed by atoms with Crippen molar-refractivity contribution in [3.05, 3.63) is 54.2 Å². The van der Waals surface area contributed by atoms with Crippen molar-refractivity contribution in [3.8, 4) is 11.3 Å². The van der Waals surface area contributed by atoms with Gasteiger partial charge in [-0.05, 0) is 25.0 Å². The average Bonchev–Trinajstić information content (AvgIpc) is 2.58. The summed E-state index contributed by atoms with van der Waals surface area (Å²) in [7, 11) is 0. The predicted octanol–water partition coefficient (Wildman–Crippen LogP) is 6.60. The van der Waals surface area contributed by atoms with Crippen molar-refractivity contribution in [2.45, 2.75) is 64.7 Å². The molecule has 2 aromatic rings. The molecule has 0 radical (unpaired) electrons. The minimum atomic E-state index is 0.616. The van der Waals surface area contributed by atoms with Crippen LogP contribution in [0.5, 0.6) is 0 Å². The molecule has 0 aliphatic carbocycles. The van der Waals surface area contributed by atoms with Gasteiger partial charge in [0.2, 0.25) is 0 Å². The fraction of sp³-hybridized carbons (Fsp3) is 0.476. The number of benzene rings is 1. The standard InChI is InChI=1S/C21H29N/c1-3-5-6-8-13-18(12-4-2)20-16-11-17-21(22-20)19-14-9-7-10-15-19/h7,9-11,14-18H,3-6,8,12-13H2,1-2H3. The highest BCUT2D eigenvalue weighted by molar-refractivity contribution is 5.58. The van der Waals surface area contributed by atoms with Gasteiger partial charge in [-0.2, -0.15) is 0 Å². The molecule has 0 N–H and O–H groups in total. The van der Waals surface area contributed by atoms with Crippen molar-refractivity contribution in [1.82, 2.24) is 4.98 Å². The summed E-state index contributed by atoms with van der Waals surface area (Å²) in [5.74, 6) is 0.616. The van der Waals surface area contributed by atoms with Gasteiger partial charge in [-0.3, -0.25) is 4.98 Å². The van der Waals surface area contributed by atoms with E-state index in [0.717, 1.165) is 5.69 Å². The van der Waals surface area contributed by atoms with E-state index in [9.17, 15) is 0 Å². The van der Waals surface area contributed by atoms with Gasteiger partial charge in [0.05, 0.1) is 5.69 Å². The smallest absolute Gasteiger partial charge is 0.0705 e. The Morgan fingerprint density at radius 1 is 0.773 bits per heavy atom. The van der Waals surface area contributed by atoms with Crippen molar-refractivity contribution in [2.75, 3.05) is 0 Å². The minimum Gasteiger partial charge on any atom is -0.253 e. The highest BCUT2D eigenvalue weighted by Crippen LogP contribution is 2.28. The van der Waals surface area contributed by atoms with E-state index in [1.165, 1.54) is 56.2 Å². The SMILES string of the molecule is CCCCCCC(CCC)c1cccc(-c2ccccc2)n1. The van der Waals surface area contributed by atoms with Crippen LogP contribution in [-0.2, 0) is 0 Å². The number of pyridine rings is 1. The van der Waals surface area contributed by atoms with E-state index in [-0.39, 0.29) is 0 Å². The summed E-state index contributed by atoms with van der Waals surface area (Å²) in [5, 5.41) is 0. The van der Waals surface area contributed by atoms with Gasteiger partial charge >= 0.3 is 0 Å². The zero-order valence-corrected chi connectivity index (χ0v) is 14.1. The third kappa shape index (κ3) is 4.98. The van der Waals surface area contributed by atoms with Crippen LogP contribution in [0.3, 0.4) is 0 Å². The molecule has 118 valence electrons. The molecule has 0 aliphatic rings. The Balaban J connectivity index is 2.10. The molecule has 1 aromatic carbocycles. The highest BCUT2D eigenvalue weighted by Gasteiger charge is 2.12. The van der Waals surface area contributed by atoms with E-state index in [0.29, 0.717) is 5.92 Å². The van der Waals surface area contributed by atoms with Crippen molar-refractivity contribution in [1.29, 1.82) is 0 Å². The fourth-order valence-electron chi connectivity index (χ4n) is 3.05. The number of hydrogen-bond donors (Lipinski definition) is 0. The maximum atomic E-state index is 4.96. The van der Waals surface area contributed by atoms with Gasteiger partial charge in [0.15, 0.2) is 0 Å². The second-order valence-corrected chi connectivity index (χ2v) is 6.15. The minimum absolute atomic E-state index is 0.616. The second kappa shape index (κ2) is 9.40. The molecule has 0 aliphatic heterocycles. The molecule has 0 fully saturated rings. The lowest BCUT2D eigenvalue weighted by Crippen LogP contribution is -2.02. The lowest BCUT2D eigenvalue weighted by atomic mass is 9.92. The molecule has 22 heavy (non-hydrogen) atoms. The van der Waals surface area contributed by atoms with E-state index in [1.54, 1.807) is 0 Å². The van der Waals surface area contributed by atoms with Gasteiger partial charge in [-0.15, -0.1) is 0 Å². The largest absolute Gasteiger partial charge is 0.253 e. The van der Waals surface area contributed by atoms with Gasteiger partial charge in [0.1, 0.15) is 0 Å². The average molecular weight is 295 g/mol. The predicted molar refractivity (Wildman–Crippen MR) is 96.1 cm³/mol. The first-order valence-corrected chi connectivity index (χ1v) is 8.87. The van der Waals surface area contributed by atoms with Crippen LogP contribution >= 0.6 is 0 Å². The summed E-state index contributed by atoms with van der Waals surface area (Å²) in [6, 6.07) is 17.0. The Morgan fingerprint density at radius 3 is 2.32 bits per heavy atom. The van der Waals surface area contributed by atoms with Gasteiger partial charge in [0.25, 0.3) is 0 Å². The van der Waals surface area contributed by atoms with Crippen LogP contribution in [0.2, 0.25) is 0 Å². The van der Waals surface area contributed by atoms with Gasteiger partial charge in [0, 0.05) is 17.2 Å². The summed E-state index contributed by atoms with van der Waals surface area (Å²) in [4.78, 5) is 4.96. The third-order valence-corrected chi connectivity index (χ3v) is 4.30. The van der Waals surface area contributed by atoms with Crippen molar-refractivity contribution >= 4 is 0 Å². The third-order valence-electron chi connectivity index (χ3n) is 4.30. The summed E-state index contributed by atoms with van der Waals surface area (Å²) in [5.41, 5.74) is 3.60. The maximum absolute atomic E-state index is 4.96. The first kappa shape index (κ1) is 16.7. The summed E-state index contributed by atoms with van der Waals surface area (Å²) < 4.78 is 0. The molecule has 0 saturated heterocycles. The van der Waals surface area contributed by atoms with Crippen LogP contribution in [0.25, 0.3) is 11.3 Å². The van der Waals surface area contributed by atoms with Crippen molar-refractivity contribution in [3.63, 3.8) is 0 Å². The molecular formula is C21H29N. The van der Waals surface area contributed by atoms with E-state index in [2.05, 4.69) is 62.4 Å². The molecular weight excluding hydrogens is 266 g/mol. The van der Waals surface area contributed by atoms with E-state index >= 15 is 0 Å². The van der Waals surface area contributed by atoms with E-state index < -0.39 is 0 Å². The van der Waals surface area contributed by atoms with Crippen LogP contribution in [0.4, 0.5) is 0 Å². The molecule has 0 amide bonds. The number of nitrogens with zero attached hydrogens (tertiary/aromatic N) is 1. The summed E-state index contributed by atoms with van der Waals surface area (Å²) in [6.07, 6.45) is 9.10. The number of hydrogen-bond acceptors (Lipinski definition) is 1. The Bertz CT molecular complexity index is 533. The van der Waals surface area contributed by atoms with Crippen LogP contribution in [0.15, 0.2) is 48.5 Å². The molecule has 1 atom stereocenters. The van der Waals surface area contributed by atoms with Crippen molar-refractivity contribution < 1.29 is 0 Å². The second-order valence-electron chi connectivity index (χ2n) is 6.15. The molecule has 1 unspecified atom stereocenters. The topological polar surface area (TPSA) is 12.9 Å². The number of rotatable bonds is 9. The molecule has 0 saturated carbocycles. The maximum Gasteiger partial charge on any atom is 0.0705 e. The Morgan fingerprint density at radius 2 is 1.59 bits per heavy atom. The molecule has 1 aromatic heterocycles. The van der Waals surface area contributed by atoms with E-state index in [1.807, 2.05) is 0 Å². The first-order chi connectivity index (χ1) is 10.8. The van der Waals surface area contributed by atoms with Crippen molar-refractivity contribution in [2.24, 2.45) is 0 Å². The zero-order valence-electron chi connectivity index (χ0n) is 14.1. The van der Waals surface area contributed by atoms with Crippen LogP contribution in [0.1, 0.15) is 70.4 Å². The van der Waals surface area contributed by atoms with E-state index in [4.69, 9.17) is 4.98 Å². The first-order valence-electron chi connectivity index (χ1n) is 8.87. The van der Waals surface area contributed by atoms with Crippen LogP contribution < -0.4 is 0 Å². The lowest BCUT2D eigenvalue weighted by molar-refractivity contribution is 0.512. The Hall–Kier alpha value is -1.63. The number of aromatic nitrogens is 1. The van der Waals surface area contributed by atoms with Crippen LogP contribution in [-0.4, -0.2) is 4.98 Å². The summed E-state index contributed by atoms with van der Waals surface area (Å²) >= 11 is 0. The number of unbranched alkanes of at least 4 members (excludes halogenated alkanes) is 3.